The van der Waals surface area contributed by atoms with Crippen molar-refractivity contribution < 1.29 is 13.2 Å². The van der Waals surface area contributed by atoms with Crippen LogP contribution in [0.1, 0.15) is 24.1 Å². The number of sulfone groups is 1. The Kier molecular flexibility index (Phi) is 6.77. The summed E-state index contributed by atoms with van der Waals surface area (Å²) >= 11 is 13.8. The first-order valence-corrected chi connectivity index (χ1v) is 13.1. The zero-order valence-electron chi connectivity index (χ0n) is 16.9. The average Bonchev–Trinajstić information content (AvgIpc) is 3.24. The molecule has 0 spiro atoms. The van der Waals surface area contributed by atoms with Crippen LogP contribution in [0.4, 0.5) is 5.13 Å². The lowest BCUT2D eigenvalue weighted by Crippen LogP contribution is -2.39. The molecular weight excluding hydrogens is 475 g/mol. The van der Waals surface area contributed by atoms with E-state index in [1.54, 1.807) is 30.6 Å². The third-order valence-electron chi connectivity index (χ3n) is 5.46. The topological polar surface area (TPSA) is 59.5 Å². The number of anilines is 1. The van der Waals surface area contributed by atoms with Gasteiger partial charge in [0.05, 0.1) is 33.0 Å². The van der Waals surface area contributed by atoms with Gasteiger partial charge >= 0.3 is 0 Å². The van der Waals surface area contributed by atoms with Gasteiger partial charge in [0.25, 0.3) is 0 Å². The van der Waals surface area contributed by atoms with E-state index in [4.69, 9.17) is 32.9 Å². The summed E-state index contributed by atoms with van der Waals surface area (Å²) in [7, 11) is -1.88. The molecule has 0 aliphatic carbocycles. The van der Waals surface area contributed by atoms with Gasteiger partial charge in [0.1, 0.15) is 5.75 Å². The number of aromatic nitrogens is 1. The zero-order chi connectivity index (χ0) is 22.0. The van der Waals surface area contributed by atoms with Crippen LogP contribution in [0.25, 0.3) is 0 Å². The molecule has 0 saturated carbocycles. The number of rotatable bonds is 6. The van der Waals surface area contributed by atoms with Crippen molar-refractivity contribution in [3.8, 4) is 5.75 Å². The van der Waals surface area contributed by atoms with Crippen molar-refractivity contribution in [2.24, 2.45) is 0 Å². The molecule has 1 aromatic heterocycles. The van der Waals surface area contributed by atoms with Crippen LogP contribution in [0.15, 0.2) is 52.7 Å². The van der Waals surface area contributed by atoms with Crippen molar-refractivity contribution in [1.29, 1.82) is 0 Å². The van der Waals surface area contributed by atoms with Gasteiger partial charge in [-0.15, -0.1) is 11.3 Å². The lowest BCUT2D eigenvalue weighted by Gasteiger charge is -2.31. The smallest absolute Gasteiger partial charge is 0.185 e. The van der Waals surface area contributed by atoms with Crippen molar-refractivity contribution in [1.82, 2.24) is 4.98 Å². The number of hydrogen-bond donors (Lipinski definition) is 0. The van der Waals surface area contributed by atoms with Crippen LogP contribution >= 0.6 is 34.5 Å². The van der Waals surface area contributed by atoms with Crippen LogP contribution in [0.5, 0.6) is 5.75 Å². The summed E-state index contributed by atoms with van der Waals surface area (Å²) in [6, 6.07) is 12.7. The molecule has 0 N–H and O–H groups in total. The molecule has 4 rings (SSSR count). The maximum atomic E-state index is 13.1. The highest BCUT2D eigenvalue weighted by Crippen LogP contribution is 2.35. The molecule has 0 amide bonds. The third-order valence-corrected chi connectivity index (χ3v) is 9.64. The minimum absolute atomic E-state index is 0.106. The van der Waals surface area contributed by atoms with Gasteiger partial charge in [-0.05, 0) is 42.7 Å². The maximum absolute atomic E-state index is 13.1. The van der Waals surface area contributed by atoms with E-state index in [1.807, 2.05) is 24.3 Å². The highest BCUT2D eigenvalue weighted by Gasteiger charge is 2.33. The first kappa shape index (κ1) is 22.4. The fraction of sp³-hybridized carbons (Fsp3) is 0.318. The van der Waals surface area contributed by atoms with Gasteiger partial charge in [0, 0.05) is 24.9 Å². The predicted molar refractivity (Wildman–Crippen MR) is 127 cm³/mol. The van der Waals surface area contributed by atoms with Crippen molar-refractivity contribution in [2.75, 3.05) is 25.1 Å². The van der Waals surface area contributed by atoms with E-state index in [0.29, 0.717) is 25.9 Å². The third kappa shape index (κ3) is 4.85. The molecule has 2 heterocycles. The van der Waals surface area contributed by atoms with E-state index in [2.05, 4.69) is 10.3 Å². The van der Waals surface area contributed by atoms with Crippen LogP contribution in [0.2, 0.25) is 10.0 Å². The minimum atomic E-state index is -3.53. The van der Waals surface area contributed by atoms with Crippen LogP contribution in [0.3, 0.4) is 0 Å². The fourth-order valence-corrected chi connectivity index (χ4v) is 7.09. The summed E-state index contributed by atoms with van der Waals surface area (Å²) in [5.74, 6) is 0.833. The number of piperidine rings is 1. The second-order valence-corrected chi connectivity index (χ2v) is 11.2. The maximum Gasteiger partial charge on any atom is 0.185 e. The summed E-state index contributed by atoms with van der Waals surface area (Å²) in [4.78, 5) is 7.05. The summed E-state index contributed by atoms with van der Waals surface area (Å²) in [6.45, 7) is 1.27. The molecule has 164 valence electrons. The van der Waals surface area contributed by atoms with Gasteiger partial charge in [-0.25, -0.2) is 13.4 Å². The lowest BCUT2D eigenvalue weighted by atomic mass is 10.1. The van der Waals surface area contributed by atoms with E-state index in [-0.39, 0.29) is 14.9 Å². The number of hydrogen-bond acceptors (Lipinski definition) is 6. The monoisotopic (exact) mass is 496 g/mol. The van der Waals surface area contributed by atoms with E-state index < -0.39 is 15.1 Å². The summed E-state index contributed by atoms with van der Waals surface area (Å²) in [5, 5.41) is 2.88. The first-order valence-electron chi connectivity index (χ1n) is 9.88. The van der Waals surface area contributed by atoms with Crippen LogP contribution in [-0.2, 0) is 16.3 Å². The van der Waals surface area contributed by atoms with Gasteiger partial charge in [-0.2, -0.15) is 0 Å². The molecule has 9 heteroatoms. The summed E-state index contributed by atoms with van der Waals surface area (Å²) < 4.78 is 31.3. The normalized spacial score (nSPS) is 15.3. The molecule has 5 nitrogen and oxygen atoms in total. The highest BCUT2D eigenvalue weighted by molar-refractivity contribution is 7.92. The Hall–Kier alpha value is -1.80. The molecule has 3 aromatic rings. The number of ether oxygens (including phenoxy) is 1. The summed E-state index contributed by atoms with van der Waals surface area (Å²) in [6.07, 6.45) is 1.80. The molecule has 2 aromatic carbocycles. The number of methoxy groups -OCH3 is 1. The van der Waals surface area contributed by atoms with E-state index >= 15 is 0 Å². The standard InChI is InChI=1S/C22H22Cl2N2O3S2/c1-29-17-7-5-15(6-8-17)13-16-14-30-22(25-16)26-11-9-18(10-12-26)31(27,28)20-4-2-3-19(23)21(20)24/h2-8,14,18H,9-13H2,1H3. The SMILES string of the molecule is COc1ccc(Cc2csc(N3CCC(S(=O)(=O)c4cccc(Cl)c4Cl)CC3)n2)cc1. The number of benzene rings is 2. The first-order chi connectivity index (χ1) is 14.9. The Morgan fingerprint density at radius 3 is 2.52 bits per heavy atom. The van der Waals surface area contributed by atoms with Gasteiger partial charge in [0.15, 0.2) is 15.0 Å². The highest BCUT2D eigenvalue weighted by atomic mass is 35.5. The van der Waals surface area contributed by atoms with Crippen LogP contribution in [0, 0.1) is 0 Å². The van der Waals surface area contributed by atoms with Crippen molar-refractivity contribution in [2.45, 2.75) is 29.4 Å². The van der Waals surface area contributed by atoms with Gasteiger partial charge in [-0.1, -0.05) is 41.4 Å². The Labute approximate surface area is 196 Å². The molecule has 0 radical (unpaired) electrons. The summed E-state index contributed by atoms with van der Waals surface area (Å²) in [5.41, 5.74) is 2.17. The molecule has 1 aliphatic rings. The number of nitrogens with zero attached hydrogens (tertiary/aromatic N) is 2. The second-order valence-electron chi connectivity index (χ2n) is 7.43. The van der Waals surface area contributed by atoms with Crippen molar-refractivity contribution in [3.05, 3.63) is 69.1 Å². The van der Waals surface area contributed by atoms with E-state index in [0.717, 1.165) is 23.0 Å². The Morgan fingerprint density at radius 1 is 1.13 bits per heavy atom. The molecule has 31 heavy (non-hydrogen) atoms. The second kappa shape index (κ2) is 9.36. The van der Waals surface area contributed by atoms with Crippen LogP contribution in [-0.4, -0.2) is 38.9 Å². The predicted octanol–water partition coefficient (Wildman–Crippen LogP) is 5.49. The molecule has 0 atom stereocenters. The zero-order valence-corrected chi connectivity index (χ0v) is 20.1. The van der Waals surface area contributed by atoms with Gasteiger partial charge < -0.3 is 9.64 Å². The van der Waals surface area contributed by atoms with Gasteiger partial charge in [-0.3, -0.25) is 0 Å². The van der Waals surface area contributed by atoms with E-state index in [1.165, 1.54) is 11.6 Å². The Morgan fingerprint density at radius 2 is 1.84 bits per heavy atom. The average molecular weight is 497 g/mol. The molecular formula is C22H22Cl2N2O3S2. The lowest BCUT2D eigenvalue weighted by molar-refractivity contribution is 0.414. The molecule has 1 saturated heterocycles. The molecule has 0 bridgehead atoms. The van der Waals surface area contributed by atoms with Crippen molar-refractivity contribution in [3.63, 3.8) is 0 Å². The molecule has 1 fully saturated rings. The molecule has 1 aliphatic heterocycles. The van der Waals surface area contributed by atoms with Crippen molar-refractivity contribution >= 4 is 49.5 Å². The quantitative estimate of drug-likeness (QED) is 0.451. The number of halogens is 2. The van der Waals surface area contributed by atoms with E-state index in [9.17, 15) is 8.42 Å². The minimum Gasteiger partial charge on any atom is -0.497 e. The largest absolute Gasteiger partial charge is 0.497 e. The Bertz CT molecular complexity index is 1160. The molecule has 0 unspecified atom stereocenters. The fourth-order valence-electron chi connectivity index (χ4n) is 3.72. The number of thiazole rings is 1. The van der Waals surface area contributed by atoms with Gasteiger partial charge in [0.2, 0.25) is 0 Å². The Balaban J connectivity index is 1.40. The van der Waals surface area contributed by atoms with Crippen LogP contribution < -0.4 is 9.64 Å².